The summed E-state index contributed by atoms with van der Waals surface area (Å²) in [7, 11) is 0. The summed E-state index contributed by atoms with van der Waals surface area (Å²) in [4.78, 5) is 0. The highest BCUT2D eigenvalue weighted by Gasteiger charge is 2.36. The van der Waals surface area contributed by atoms with Gasteiger partial charge in [-0.05, 0) is 67.3 Å². The van der Waals surface area contributed by atoms with Gasteiger partial charge in [-0.25, -0.2) is 0 Å². The molecule has 1 nitrogen and oxygen atoms in total. The predicted octanol–water partition coefficient (Wildman–Crippen LogP) is 3.63. The van der Waals surface area contributed by atoms with E-state index in [0.717, 1.165) is 22.3 Å². The third-order valence-corrected chi connectivity index (χ3v) is 3.99. The van der Waals surface area contributed by atoms with E-state index in [2.05, 4.69) is 67.0 Å². The molecule has 0 bridgehead atoms. The molecule has 0 fully saturated rings. The predicted molar refractivity (Wildman–Crippen MR) is 87.6 cm³/mol. The molecule has 0 heterocycles. The topological polar surface area (TPSA) is 26.0 Å². The van der Waals surface area contributed by atoms with Crippen LogP contribution in [0, 0.1) is 23.7 Å². The van der Waals surface area contributed by atoms with Crippen LogP contribution in [0.3, 0.4) is 0 Å². The molecule has 1 aliphatic carbocycles. The van der Waals surface area contributed by atoms with Gasteiger partial charge in [-0.3, -0.25) is 0 Å². The Bertz CT molecular complexity index is 777. The molecule has 0 spiro atoms. The highest BCUT2D eigenvalue weighted by Crippen LogP contribution is 2.46. The Balaban J connectivity index is 2.24. The standard InChI is InChI=1S/C20H17N/c1-4-6-14-8-10-16-17-11-9-15(7-5-2)13-19(17)20(3,21)18(16)12-14/h8-13H,21H2,1-3H3. The maximum Gasteiger partial charge on any atom is 0.0649 e. The van der Waals surface area contributed by atoms with Gasteiger partial charge in [-0.1, -0.05) is 24.0 Å². The van der Waals surface area contributed by atoms with Crippen molar-refractivity contribution in [1.29, 1.82) is 0 Å². The van der Waals surface area contributed by atoms with Crippen LogP contribution in [-0.4, -0.2) is 0 Å². The van der Waals surface area contributed by atoms with Crippen LogP contribution >= 0.6 is 0 Å². The van der Waals surface area contributed by atoms with E-state index in [1.54, 1.807) is 0 Å². The highest BCUT2D eigenvalue weighted by atomic mass is 14.7. The lowest BCUT2D eigenvalue weighted by Gasteiger charge is -2.21. The van der Waals surface area contributed by atoms with Crippen LogP contribution in [0.5, 0.6) is 0 Å². The Morgan fingerprint density at radius 1 is 0.810 bits per heavy atom. The van der Waals surface area contributed by atoms with Crippen LogP contribution in [0.15, 0.2) is 36.4 Å². The Hall–Kier alpha value is -2.48. The number of hydrogen-bond acceptors (Lipinski definition) is 1. The smallest absolute Gasteiger partial charge is 0.0649 e. The Morgan fingerprint density at radius 3 is 1.62 bits per heavy atom. The molecule has 102 valence electrons. The first-order valence-corrected chi connectivity index (χ1v) is 7.01. The normalized spacial score (nSPS) is 13.3. The largest absolute Gasteiger partial charge is 0.318 e. The quantitative estimate of drug-likeness (QED) is 0.727. The van der Waals surface area contributed by atoms with Gasteiger partial charge < -0.3 is 5.73 Å². The number of rotatable bonds is 0. The van der Waals surface area contributed by atoms with E-state index in [1.165, 1.54) is 11.1 Å². The zero-order chi connectivity index (χ0) is 15.0. The molecule has 0 aliphatic heterocycles. The lowest BCUT2D eigenvalue weighted by Crippen LogP contribution is -2.32. The van der Waals surface area contributed by atoms with E-state index in [9.17, 15) is 0 Å². The summed E-state index contributed by atoms with van der Waals surface area (Å²) < 4.78 is 0. The summed E-state index contributed by atoms with van der Waals surface area (Å²) in [6, 6.07) is 12.6. The van der Waals surface area contributed by atoms with E-state index < -0.39 is 5.54 Å². The van der Waals surface area contributed by atoms with Gasteiger partial charge in [-0.15, -0.1) is 11.8 Å². The van der Waals surface area contributed by atoms with Crippen LogP contribution in [0.25, 0.3) is 11.1 Å². The lowest BCUT2D eigenvalue weighted by atomic mass is 9.89. The van der Waals surface area contributed by atoms with Gasteiger partial charge in [0, 0.05) is 11.1 Å². The van der Waals surface area contributed by atoms with Crippen LogP contribution in [-0.2, 0) is 5.54 Å². The molecule has 2 N–H and O–H groups in total. The van der Waals surface area contributed by atoms with Crippen LogP contribution in [0.1, 0.15) is 43.0 Å². The van der Waals surface area contributed by atoms with Crippen molar-refractivity contribution in [3.05, 3.63) is 58.7 Å². The van der Waals surface area contributed by atoms with Gasteiger partial charge >= 0.3 is 0 Å². The summed E-state index contributed by atoms with van der Waals surface area (Å²) in [6.07, 6.45) is 0. The second-order valence-electron chi connectivity index (χ2n) is 5.47. The fraction of sp³-hybridized carbons (Fsp3) is 0.200. The summed E-state index contributed by atoms with van der Waals surface area (Å²) in [6.45, 7) is 5.75. The van der Waals surface area contributed by atoms with Gasteiger partial charge in [0.2, 0.25) is 0 Å². The van der Waals surface area contributed by atoms with Crippen LogP contribution in [0.2, 0.25) is 0 Å². The summed E-state index contributed by atoms with van der Waals surface area (Å²) >= 11 is 0. The van der Waals surface area contributed by atoms with E-state index in [4.69, 9.17) is 5.73 Å². The highest BCUT2D eigenvalue weighted by molar-refractivity contribution is 5.81. The molecule has 0 saturated carbocycles. The molecule has 1 heteroatoms. The zero-order valence-electron chi connectivity index (χ0n) is 12.5. The molecule has 1 aliphatic rings. The SMILES string of the molecule is CC#Cc1ccc2c(c1)C(C)(N)c1cc(C#CC)ccc1-2. The van der Waals surface area contributed by atoms with Gasteiger partial charge in [-0.2, -0.15) is 0 Å². The van der Waals surface area contributed by atoms with E-state index in [1.807, 2.05) is 13.8 Å². The molecule has 2 aromatic rings. The minimum absolute atomic E-state index is 0.498. The summed E-state index contributed by atoms with van der Waals surface area (Å²) in [5.41, 5.74) is 12.8. The third kappa shape index (κ3) is 2.04. The first kappa shape index (κ1) is 13.5. The molecule has 0 amide bonds. The van der Waals surface area contributed by atoms with E-state index >= 15 is 0 Å². The minimum atomic E-state index is -0.498. The fourth-order valence-electron chi connectivity index (χ4n) is 3.01. The van der Waals surface area contributed by atoms with Crippen molar-refractivity contribution in [2.24, 2.45) is 5.73 Å². The number of nitrogens with two attached hydrogens (primary N) is 1. The molecule has 21 heavy (non-hydrogen) atoms. The van der Waals surface area contributed by atoms with Gasteiger partial charge in [0.05, 0.1) is 5.54 Å². The van der Waals surface area contributed by atoms with E-state index in [0.29, 0.717) is 0 Å². The first-order valence-electron chi connectivity index (χ1n) is 7.01. The number of benzene rings is 2. The Kier molecular flexibility index (Phi) is 3.09. The van der Waals surface area contributed by atoms with Crippen LogP contribution in [0.4, 0.5) is 0 Å². The average molecular weight is 271 g/mol. The summed E-state index contributed by atoms with van der Waals surface area (Å²) in [5.74, 6) is 12.1. The molecule has 0 aromatic heterocycles. The first-order chi connectivity index (χ1) is 10.1. The van der Waals surface area contributed by atoms with Gasteiger partial charge in [0.1, 0.15) is 0 Å². The zero-order valence-corrected chi connectivity index (χ0v) is 12.5. The summed E-state index contributed by atoms with van der Waals surface area (Å²) in [5, 5.41) is 0. The second-order valence-corrected chi connectivity index (χ2v) is 5.47. The maximum absolute atomic E-state index is 6.63. The Labute approximate surface area is 126 Å². The fourth-order valence-corrected chi connectivity index (χ4v) is 3.01. The minimum Gasteiger partial charge on any atom is -0.318 e. The molecule has 0 atom stereocenters. The monoisotopic (exact) mass is 271 g/mol. The van der Waals surface area contributed by atoms with Crippen molar-refractivity contribution in [3.8, 4) is 34.8 Å². The lowest BCUT2D eigenvalue weighted by molar-refractivity contribution is 0.620. The van der Waals surface area contributed by atoms with Crippen molar-refractivity contribution in [2.45, 2.75) is 26.3 Å². The van der Waals surface area contributed by atoms with Crippen molar-refractivity contribution in [2.75, 3.05) is 0 Å². The molecule has 0 saturated heterocycles. The average Bonchev–Trinajstić information content (AvgIpc) is 2.68. The second kappa shape index (κ2) is 4.81. The number of fused-ring (bicyclic) bond motifs is 3. The molecule has 0 radical (unpaired) electrons. The molecular formula is C20H17N. The molecule has 0 unspecified atom stereocenters. The van der Waals surface area contributed by atoms with Crippen molar-refractivity contribution >= 4 is 0 Å². The van der Waals surface area contributed by atoms with Crippen molar-refractivity contribution in [1.82, 2.24) is 0 Å². The maximum atomic E-state index is 6.63. The Morgan fingerprint density at radius 2 is 1.24 bits per heavy atom. The van der Waals surface area contributed by atoms with Gasteiger partial charge in [0.15, 0.2) is 0 Å². The number of hydrogen-bond donors (Lipinski definition) is 1. The van der Waals surface area contributed by atoms with Gasteiger partial charge in [0.25, 0.3) is 0 Å². The van der Waals surface area contributed by atoms with Crippen molar-refractivity contribution < 1.29 is 0 Å². The van der Waals surface area contributed by atoms with E-state index in [-0.39, 0.29) is 0 Å². The molecule has 3 rings (SSSR count). The third-order valence-electron chi connectivity index (χ3n) is 3.99. The molecular weight excluding hydrogens is 254 g/mol. The molecule has 2 aromatic carbocycles. The van der Waals surface area contributed by atoms with Crippen LogP contribution < -0.4 is 5.73 Å². The van der Waals surface area contributed by atoms with Crippen molar-refractivity contribution in [3.63, 3.8) is 0 Å².